The predicted octanol–water partition coefficient (Wildman–Crippen LogP) is 2.98. The first kappa shape index (κ1) is 17.6. The third kappa shape index (κ3) is 4.01. The molecule has 1 aromatic carbocycles. The maximum absolute atomic E-state index is 12.8. The van der Waals surface area contributed by atoms with Gasteiger partial charge >= 0.3 is 12.2 Å². The van der Waals surface area contributed by atoms with Crippen LogP contribution in [0.5, 0.6) is 0 Å². The molecule has 1 aromatic rings. The highest BCUT2D eigenvalue weighted by atomic mass is 35.5. The van der Waals surface area contributed by atoms with E-state index in [1.807, 2.05) is 0 Å². The van der Waals surface area contributed by atoms with Crippen LogP contribution in [0.15, 0.2) is 18.2 Å². The zero-order valence-corrected chi connectivity index (χ0v) is 12.4. The largest absolute Gasteiger partial charge is 0.417 e. The monoisotopic (exact) mass is 344 g/mol. The molecule has 0 heterocycles. The average Bonchev–Trinajstić information content (AvgIpc) is 2.29. The maximum Gasteiger partial charge on any atom is 0.417 e. The number of primary amides is 1. The van der Waals surface area contributed by atoms with Gasteiger partial charge in [0.2, 0.25) is 10.0 Å². The average molecular weight is 345 g/mol. The number of hydrogen-bond donors (Lipinski definition) is 1. The minimum atomic E-state index is -4.79. The van der Waals surface area contributed by atoms with Gasteiger partial charge in [-0.15, -0.1) is 0 Å². The highest BCUT2D eigenvalue weighted by Gasteiger charge is 2.35. The number of urea groups is 1. The van der Waals surface area contributed by atoms with Gasteiger partial charge in [0, 0.05) is 0 Å². The molecule has 0 saturated carbocycles. The number of amides is 2. The lowest BCUT2D eigenvalue weighted by Gasteiger charge is -2.21. The molecule has 1 rings (SSSR count). The van der Waals surface area contributed by atoms with Crippen molar-refractivity contribution in [2.45, 2.75) is 19.5 Å². The minimum absolute atomic E-state index is 0.141. The van der Waals surface area contributed by atoms with Crippen molar-refractivity contribution in [3.05, 3.63) is 28.8 Å². The first-order valence-corrected chi connectivity index (χ1v) is 7.68. The van der Waals surface area contributed by atoms with Crippen molar-refractivity contribution in [3.8, 4) is 0 Å². The standard InChI is InChI=1S/C11H12ClF3N2O3S/c1-2-5-21(19,20)17(10(16)18)7-3-4-9(12)8(6-7)11(13,14)15/h3-4,6H,2,5H2,1H3,(H2,16,18). The zero-order valence-electron chi connectivity index (χ0n) is 10.8. The van der Waals surface area contributed by atoms with Gasteiger partial charge < -0.3 is 5.73 Å². The lowest BCUT2D eigenvalue weighted by molar-refractivity contribution is -0.137. The fraction of sp³-hybridized carbons (Fsp3) is 0.364. The fourth-order valence-electron chi connectivity index (χ4n) is 1.63. The molecule has 2 N–H and O–H groups in total. The molecule has 0 aliphatic carbocycles. The number of alkyl halides is 3. The van der Waals surface area contributed by atoms with Crippen molar-refractivity contribution in [3.63, 3.8) is 0 Å². The van der Waals surface area contributed by atoms with Gasteiger partial charge in [-0.05, 0) is 24.6 Å². The van der Waals surface area contributed by atoms with Crippen LogP contribution in [0.2, 0.25) is 5.02 Å². The van der Waals surface area contributed by atoms with Crippen molar-refractivity contribution in [2.24, 2.45) is 5.73 Å². The molecular weight excluding hydrogens is 333 g/mol. The van der Waals surface area contributed by atoms with Gasteiger partial charge in [-0.1, -0.05) is 18.5 Å². The number of sulfonamides is 1. The van der Waals surface area contributed by atoms with Crippen LogP contribution in [-0.2, 0) is 16.2 Å². The zero-order chi connectivity index (χ0) is 16.4. The summed E-state index contributed by atoms with van der Waals surface area (Å²) < 4.78 is 62.3. The first-order chi connectivity index (χ1) is 9.50. The van der Waals surface area contributed by atoms with E-state index in [0.29, 0.717) is 6.07 Å². The molecule has 2 amide bonds. The Balaban J connectivity index is 3.45. The van der Waals surface area contributed by atoms with Crippen LogP contribution in [0.1, 0.15) is 18.9 Å². The third-order valence-electron chi connectivity index (χ3n) is 2.43. The van der Waals surface area contributed by atoms with E-state index in [9.17, 15) is 26.4 Å². The van der Waals surface area contributed by atoms with Crippen LogP contribution in [0.4, 0.5) is 23.7 Å². The fourth-order valence-corrected chi connectivity index (χ4v) is 3.26. The number of nitrogens with zero attached hydrogens (tertiary/aromatic N) is 1. The molecular formula is C11H12ClF3N2O3S. The van der Waals surface area contributed by atoms with Gasteiger partial charge in [-0.25, -0.2) is 13.2 Å². The normalized spacial score (nSPS) is 12.2. The number of hydrogen-bond acceptors (Lipinski definition) is 3. The Hall–Kier alpha value is -1.48. The minimum Gasteiger partial charge on any atom is -0.350 e. The molecule has 0 aliphatic rings. The summed E-state index contributed by atoms with van der Waals surface area (Å²) in [5.41, 5.74) is 3.22. The van der Waals surface area contributed by atoms with Crippen LogP contribution in [0.25, 0.3) is 0 Å². The number of benzene rings is 1. The van der Waals surface area contributed by atoms with Crippen LogP contribution in [-0.4, -0.2) is 20.2 Å². The second kappa shape index (κ2) is 6.10. The van der Waals surface area contributed by atoms with Gasteiger partial charge in [0.15, 0.2) is 0 Å². The Kier molecular flexibility index (Phi) is 5.11. The summed E-state index contributed by atoms with van der Waals surface area (Å²) in [6, 6.07) is 0.923. The van der Waals surface area contributed by atoms with E-state index >= 15 is 0 Å². The topological polar surface area (TPSA) is 80.5 Å². The van der Waals surface area contributed by atoms with Crippen molar-refractivity contribution in [2.75, 3.05) is 10.1 Å². The Morgan fingerprint density at radius 2 is 1.95 bits per heavy atom. The maximum atomic E-state index is 12.8. The quantitative estimate of drug-likeness (QED) is 0.911. The van der Waals surface area contributed by atoms with E-state index in [0.717, 1.165) is 12.1 Å². The van der Waals surface area contributed by atoms with E-state index < -0.39 is 44.3 Å². The summed E-state index contributed by atoms with van der Waals surface area (Å²) in [6.07, 6.45) is -4.61. The first-order valence-electron chi connectivity index (χ1n) is 5.70. The van der Waals surface area contributed by atoms with Gasteiger partial charge in [0.1, 0.15) is 0 Å². The van der Waals surface area contributed by atoms with Crippen LogP contribution >= 0.6 is 11.6 Å². The molecule has 0 aliphatic heterocycles. The molecule has 118 valence electrons. The van der Waals surface area contributed by atoms with Gasteiger partial charge in [0.05, 0.1) is 22.0 Å². The number of carbonyl (C=O) groups is 1. The third-order valence-corrected chi connectivity index (χ3v) is 4.63. The molecule has 0 aromatic heterocycles. The van der Waals surface area contributed by atoms with Crippen molar-refractivity contribution >= 4 is 33.3 Å². The second-order valence-corrected chi connectivity index (χ2v) is 6.42. The molecule has 10 heteroatoms. The predicted molar refractivity (Wildman–Crippen MR) is 72.6 cm³/mol. The molecule has 0 spiro atoms. The summed E-state index contributed by atoms with van der Waals surface area (Å²) >= 11 is 5.44. The Morgan fingerprint density at radius 1 is 1.38 bits per heavy atom. The smallest absolute Gasteiger partial charge is 0.350 e. The van der Waals surface area contributed by atoms with Gasteiger partial charge in [-0.3, -0.25) is 0 Å². The molecule has 0 saturated heterocycles. The Labute approximate surface area is 124 Å². The summed E-state index contributed by atoms with van der Waals surface area (Å²) in [5.74, 6) is -0.431. The SMILES string of the molecule is CCCS(=O)(=O)N(C(N)=O)c1ccc(Cl)c(C(F)(F)F)c1. The number of carbonyl (C=O) groups excluding carboxylic acids is 1. The van der Waals surface area contributed by atoms with Crippen molar-refractivity contribution in [1.29, 1.82) is 0 Å². The van der Waals surface area contributed by atoms with Gasteiger partial charge in [-0.2, -0.15) is 17.5 Å². The highest BCUT2D eigenvalue weighted by molar-refractivity contribution is 7.93. The van der Waals surface area contributed by atoms with E-state index in [1.165, 1.54) is 0 Å². The molecule has 0 radical (unpaired) electrons. The molecule has 0 unspecified atom stereocenters. The molecule has 0 fully saturated rings. The van der Waals surface area contributed by atoms with E-state index in [-0.39, 0.29) is 10.7 Å². The molecule has 21 heavy (non-hydrogen) atoms. The summed E-state index contributed by atoms with van der Waals surface area (Å²) in [4.78, 5) is 11.3. The lowest BCUT2D eigenvalue weighted by Crippen LogP contribution is -2.42. The number of nitrogens with two attached hydrogens (primary N) is 1. The molecule has 0 bridgehead atoms. The summed E-state index contributed by atoms with van der Waals surface area (Å²) in [5, 5.41) is -0.608. The highest BCUT2D eigenvalue weighted by Crippen LogP contribution is 2.37. The van der Waals surface area contributed by atoms with Crippen molar-refractivity contribution < 1.29 is 26.4 Å². The number of rotatable bonds is 4. The van der Waals surface area contributed by atoms with Gasteiger partial charge in [0.25, 0.3) is 0 Å². The van der Waals surface area contributed by atoms with Crippen LogP contribution in [0.3, 0.4) is 0 Å². The Bertz CT molecular complexity index is 647. The molecule has 5 nitrogen and oxygen atoms in total. The number of halogens is 4. The Morgan fingerprint density at radius 3 is 2.38 bits per heavy atom. The van der Waals surface area contributed by atoms with E-state index in [4.69, 9.17) is 17.3 Å². The van der Waals surface area contributed by atoms with Crippen molar-refractivity contribution in [1.82, 2.24) is 0 Å². The summed E-state index contributed by atoms with van der Waals surface area (Å²) in [7, 11) is -4.15. The molecule has 0 atom stereocenters. The second-order valence-electron chi connectivity index (χ2n) is 4.08. The lowest BCUT2D eigenvalue weighted by atomic mass is 10.2. The van der Waals surface area contributed by atoms with Crippen LogP contribution in [0, 0.1) is 0 Å². The van der Waals surface area contributed by atoms with E-state index in [1.54, 1.807) is 6.92 Å². The van der Waals surface area contributed by atoms with Crippen LogP contribution < -0.4 is 10.0 Å². The van der Waals surface area contributed by atoms with E-state index in [2.05, 4.69) is 0 Å². The number of anilines is 1. The summed E-state index contributed by atoms with van der Waals surface area (Å²) in [6.45, 7) is 1.54.